The molecule has 0 amide bonds. The average molecular weight is 142 g/mol. The van der Waals surface area contributed by atoms with Gasteiger partial charge in [-0.1, -0.05) is 6.58 Å². The van der Waals surface area contributed by atoms with Crippen LogP contribution in [0.5, 0.6) is 0 Å². The molecule has 0 aromatic rings. The summed E-state index contributed by atoms with van der Waals surface area (Å²) in [6.45, 7) is 6.95. The van der Waals surface area contributed by atoms with Gasteiger partial charge in [-0.3, -0.25) is 0 Å². The van der Waals surface area contributed by atoms with Gasteiger partial charge in [0.15, 0.2) is 12.2 Å². The zero-order valence-electron chi connectivity index (χ0n) is 6.09. The summed E-state index contributed by atoms with van der Waals surface area (Å²) in [7, 11) is 0. The van der Waals surface area contributed by atoms with Gasteiger partial charge in [0.2, 0.25) is 0 Å². The third-order valence-electron chi connectivity index (χ3n) is 1.41. The Balaban J connectivity index is 2.63. The Morgan fingerprint density at radius 3 is 2.40 bits per heavy atom. The normalized spacial score (nSPS) is 33.0. The van der Waals surface area contributed by atoms with Gasteiger partial charge in [-0.05, 0) is 13.8 Å². The number of esters is 1. The molecule has 0 aromatic carbocycles. The summed E-state index contributed by atoms with van der Waals surface area (Å²) in [5, 5.41) is 0. The Hall–Kier alpha value is -0.990. The first-order chi connectivity index (χ1) is 4.61. The molecular weight excluding hydrogens is 132 g/mol. The van der Waals surface area contributed by atoms with Crippen LogP contribution in [0, 0.1) is 0 Å². The fraction of sp³-hybridized carbons (Fsp3) is 0.571. The van der Waals surface area contributed by atoms with Crippen LogP contribution in [0.1, 0.15) is 13.8 Å². The molecule has 1 aliphatic heterocycles. The lowest BCUT2D eigenvalue weighted by molar-refractivity contribution is -0.168. The van der Waals surface area contributed by atoms with Crippen LogP contribution in [0.15, 0.2) is 12.3 Å². The number of hydrogen-bond acceptors (Lipinski definition) is 3. The smallest absolute Gasteiger partial charge is 0.347 e. The highest BCUT2D eigenvalue weighted by Gasteiger charge is 2.27. The van der Waals surface area contributed by atoms with E-state index >= 15 is 0 Å². The third kappa shape index (κ3) is 1.12. The average Bonchev–Trinajstić information content (AvgIpc) is 1.84. The summed E-state index contributed by atoms with van der Waals surface area (Å²) in [6, 6.07) is 0. The van der Waals surface area contributed by atoms with Crippen LogP contribution in [-0.4, -0.2) is 18.2 Å². The highest BCUT2D eigenvalue weighted by atomic mass is 16.6. The predicted molar refractivity (Wildman–Crippen MR) is 35.2 cm³/mol. The number of rotatable bonds is 0. The summed E-state index contributed by atoms with van der Waals surface area (Å²) in [4.78, 5) is 10.8. The van der Waals surface area contributed by atoms with E-state index in [9.17, 15) is 4.79 Å². The lowest BCUT2D eigenvalue weighted by Crippen LogP contribution is -2.34. The van der Waals surface area contributed by atoms with Gasteiger partial charge in [0.1, 0.15) is 5.76 Å². The molecular formula is C7H10O3. The molecule has 1 fully saturated rings. The molecule has 10 heavy (non-hydrogen) atoms. The van der Waals surface area contributed by atoms with E-state index in [1.54, 1.807) is 13.8 Å². The number of cyclic esters (lactones) is 1. The molecule has 0 N–H and O–H groups in total. The van der Waals surface area contributed by atoms with Gasteiger partial charge in [0, 0.05) is 0 Å². The zero-order valence-corrected chi connectivity index (χ0v) is 6.09. The summed E-state index contributed by atoms with van der Waals surface area (Å²) < 4.78 is 9.89. The minimum absolute atomic E-state index is 0.302. The number of carbonyl (C=O) groups excluding carboxylic acids is 1. The van der Waals surface area contributed by atoms with Crippen LogP contribution >= 0.6 is 0 Å². The maximum atomic E-state index is 10.8. The van der Waals surface area contributed by atoms with Gasteiger partial charge in [0.05, 0.1) is 0 Å². The van der Waals surface area contributed by atoms with E-state index in [0.717, 1.165) is 0 Å². The Morgan fingerprint density at radius 2 is 1.90 bits per heavy atom. The molecule has 0 saturated carbocycles. The van der Waals surface area contributed by atoms with Gasteiger partial charge in [-0.2, -0.15) is 0 Å². The van der Waals surface area contributed by atoms with E-state index in [-0.39, 0.29) is 12.1 Å². The molecule has 0 unspecified atom stereocenters. The fourth-order valence-corrected chi connectivity index (χ4v) is 0.707. The van der Waals surface area contributed by atoms with E-state index in [2.05, 4.69) is 6.58 Å². The van der Waals surface area contributed by atoms with Crippen molar-refractivity contribution in [2.75, 3.05) is 0 Å². The van der Waals surface area contributed by atoms with Crippen LogP contribution in [0.3, 0.4) is 0 Å². The molecule has 56 valence electrons. The molecule has 0 aromatic heterocycles. The van der Waals surface area contributed by atoms with Crippen molar-refractivity contribution in [3.8, 4) is 0 Å². The Morgan fingerprint density at radius 1 is 1.30 bits per heavy atom. The molecule has 3 heteroatoms. The van der Waals surface area contributed by atoms with E-state index < -0.39 is 6.10 Å². The summed E-state index contributed by atoms with van der Waals surface area (Å²) in [6.07, 6.45) is -0.799. The second-order valence-electron chi connectivity index (χ2n) is 2.31. The largest absolute Gasteiger partial charge is 0.480 e. The van der Waals surface area contributed by atoms with E-state index in [0.29, 0.717) is 5.76 Å². The Labute approximate surface area is 59.6 Å². The summed E-state index contributed by atoms with van der Waals surface area (Å²) >= 11 is 0. The second kappa shape index (κ2) is 2.33. The minimum atomic E-state index is -0.497. The fourth-order valence-electron chi connectivity index (χ4n) is 0.707. The molecule has 3 nitrogen and oxygen atoms in total. The maximum absolute atomic E-state index is 10.8. The van der Waals surface area contributed by atoms with Crippen LogP contribution < -0.4 is 0 Å². The zero-order chi connectivity index (χ0) is 7.72. The SMILES string of the molecule is C=C1O[C@H](C)C(=O)O[C@@H]1C. The van der Waals surface area contributed by atoms with Crippen LogP contribution in [0.4, 0.5) is 0 Å². The topological polar surface area (TPSA) is 35.5 Å². The number of carbonyl (C=O) groups is 1. The van der Waals surface area contributed by atoms with E-state index in [1.807, 2.05) is 0 Å². The van der Waals surface area contributed by atoms with Gasteiger partial charge in [-0.15, -0.1) is 0 Å². The monoisotopic (exact) mass is 142 g/mol. The lowest BCUT2D eigenvalue weighted by Gasteiger charge is -2.26. The molecule has 1 saturated heterocycles. The highest BCUT2D eigenvalue weighted by Crippen LogP contribution is 2.16. The van der Waals surface area contributed by atoms with Crippen molar-refractivity contribution in [1.29, 1.82) is 0 Å². The second-order valence-corrected chi connectivity index (χ2v) is 2.31. The first-order valence-corrected chi connectivity index (χ1v) is 3.17. The first kappa shape index (κ1) is 7.12. The summed E-state index contributed by atoms with van der Waals surface area (Å²) in [5.41, 5.74) is 0. The molecule has 1 heterocycles. The van der Waals surface area contributed by atoms with Gasteiger partial charge < -0.3 is 9.47 Å². The van der Waals surface area contributed by atoms with Crippen molar-refractivity contribution in [3.63, 3.8) is 0 Å². The lowest BCUT2D eigenvalue weighted by atomic mass is 10.3. The summed E-state index contributed by atoms with van der Waals surface area (Å²) in [5.74, 6) is 0.201. The molecule has 1 rings (SSSR count). The van der Waals surface area contributed by atoms with Crippen LogP contribution in [0.25, 0.3) is 0 Å². The Kier molecular flexibility index (Phi) is 1.66. The standard InChI is InChI=1S/C7H10O3/c1-4-5(2)10-7(8)6(3)9-4/h5-6H,1H2,2-3H3/t5-,6-/m1/s1. The Bertz CT molecular complexity index is 154. The molecule has 1 aliphatic rings. The predicted octanol–water partition coefficient (Wildman–Crippen LogP) is 0.850. The highest BCUT2D eigenvalue weighted by molar-refractivity contribution is 5.75. The van der Waals surface area contributed by atoms with Crippen LogP contribution in [-0.2, 0) is 14.3 Å². The van der Waals surface area contributed by atoms with E-state index in [1.165, 1.54) is 0 Å². The van der Waals surface area contributed by atoms with Gasteiger partial charge >= 0.3 is 5.97 Å². The molecule has 0 bridgehead atoms. The quantitative estimate of drug-likeness (QED) is 0.470. The first-order valence-electron chi connectivity index (χ1n) is 3.17. The van der Waals surface area contributed by atoms with E-state index in [4.69, 9.17) is 9.47 Å². The van der Waals surface area contributed by atoms with Gasteiger partial charge in [-0.25, -0.2) is 4.79 Å². The van der Waals surface area contributed by atoms with Crippen LogP contribution in [0.2, 0.25) is 0 Å². The van der Waals surface area contributed by atoms with Crippen molar-refractivity contribution >= 4 is 5.97 Å². The number of ether oxygens (including phenoxy) is 2. The molecule has 2 atom stereocenters. The molecule has 0 spiro atoms. The van der Waals surface area contributed by atoms with Crippen molar-refractivity contribution in [3.05, 3.63) is 12.3 Å². The van der Waals surface area contributed by atoms with Gasteiger partial charge in [0.25, 0.3) is 0 Å². The van der Waals surface area contributed by atoms with Crippen molar-refractivity contribution in [2.45, 2.75) is 26.1 Å². The number of hydrogen-bond donors (Lipinski definition) is 0. The maximum Gasteiger partial charge on any atom is 0.347 e. The molecule has 0 aliphatic carbocycles. The third-order valence-corrected chi connectivity index (χ3v) is 1.41. The van der Waals surface area contributed by atoms with Crippen molar-refractivity contribution < 1.29 is 14.3 Å². The van der Waals surface area contributed by atoms with Crippen molar-refractivity contribution in [2.24, 2.45) is 0 Å². The molecule has 0 radical (unpaired) electrons. The minimum Gasteiger partial charge on any atom is -0.480 e. The van der Waals surface area contributed by atoms with Crippen molar-refractivity contribution in [1.82, 2.24) is 0 Å².